The van der Waals surface area contributed by atoms with Crippen LogP contribution in [0.5, 0.6) is 0 Å². The number of guanidine groups is 1. The molecule has 0 aromatic rings. The molecule has 5 nitrogen and oxygen atoms in total. The highest BCUT2D eigenvalue weighted by atomic mass is 127. The van der Waals surface area contributed by atoms with Crippen molar-refractivity contribution in [1.82, 2.24) is 15.5 Å². The van der Waals surface area contributed by atoms with Crippen molar-refractivity contribution in [3.8, 4) is 0 Å². The molecule has 0 aromatic carbocycles. The van der Waals surface area contributed by atoms with Gasteiger partial charge < -0.3 is 20.6 Å². The smallest absolute Gasteiger partial charge is 0.191 e. The van der Waals surface area contributed by atoms with Gasteiger partial charge in [0.25, 0.3) is 0 Å². The molecule has 0 spiro atoms. The fourth-order valence-electron chi connectivity index (χ4n) is 4.07. The normalized spacial score (nSPS) is 25.8. The van der Waals surface area contributed by atoms with Gasteiger partial charge in [0, 0.05) is 32.2 Å². The average Bonchev–Trinajstić information content (AvgIpc) is 2.61. The van der Waals surface area contributed by atoms with E-state index in [-0.39, 0.29) is 30.1 Å². The second-order valence-electron chi connectivity index (χ2n) is 8.19. The van der Waals surface area contributed by atoms with Crippen LogP contribution in [-0.2, 0) is 0 Å². The van der Waals surface area contributed by atoms with Crippen molar-refractivity contribution >= 4 is 29.9 Å². The standard InChI is InChI=1S/C20H40N4O.HI/c1-4-21-20(23-18-8-6-17(7-9-18)16(2)3)22-12-5-13-24-14-10-19(25)11-15-24;/h16-19,25H,4-15H2,1-3H3,(H2,21,22,23);1H. The van der Waals surface area contributed by atoms with E-state index in [1.807, 2.05) is 0 Å². The van der Waals surface area contributed by atoms with Gasteiger partial charge in [-0.05, 0) is 70.3 Å². The summed E-state index contributed by atoms with van der Waals surface area (Å²) in [6, 6.07) is 0.580. The molecule has 1 aliphatic heterocycles. The molecule has 2 fully saturated rings. The van der Waals surface area contributed by atoms with E-state index in [0.717, 1.165) is 69.8 Å². The van der Waals surface area contributed by atoms with Gasteiger partial charge in [0.1, 0.15) is 0 Å². The zero-order chi connectivity index (χ0) is 18.1. The third-order valence-electron chi connectivity index (χ3n) is 5.86. The van der Waals surface area contributed by atoms with Crippen LogP contribution < -0.4 is 10.6 Å². The van der Waals surface area contributed by atoms with Crippen LogP contribution in [0.4, 0.5) is 0 Å². The first-order chi connectivity index (χ1) is 12.1. The monoisotopic (exact) mass is 480 g/mol. The third-order valence-corrected chi connectivity index (χ3v) is 5.86. The zero-order valence-corrected chi connectivity index (χ0v) is 19.4. The predicted octanol–water partition coefficient (Wildman–Crippen LogP) is 3.22. The van der Waals surface area contributed by atoms with Crippen LogP contribution in [0.15, 0.2) is 4.99 Å². The number of hydrogen-bond acceptors (Lipinski definition) is 3. The molecule has 2 aliphatic rings. The van der Waals surface area contributed by atoms with Crippen LogP contribution in [0.25, 0.3) is 0 Å². The molecule has 0 bridgehead atoms. The molecule has 3 N–H and O–H groups in total. The van der Waals surface area contributed by atoms with Crippen molar-refractivity contribution in [2.24, 2.45) is 16.8 Å². The lowest BCUT2D eigenvalue weighted by Crippen LogP contribution is -2.45. The Hall–Kier alpha value is -0.0800. The Morgan fingerprint density at radius 1 is 1.12 bits per heavy atom. The van der Waals surface area contributed by atoms with Crippen LogP contribution in [0.3, 0.4) is 0 Å². The van der Waals surface area contributed by atoms with Crippen molar-refractivity contribution in [1.29, 1.82) is 0 Å². The molecule has 1 aliphatic carbocycles. The molecule has 6 heteroatoms. The Bertz CT molecular complexity index is 389. The minimum atomic E-state index is -0.0791. The number of nitrogens with one attached hydrogen (secondary N) is 2. The predicted molar refractivity (Wildman–Crippen MR) is 121 cm³/mol. The van der Waals surface area contributed by atoms with Crippen LogP contribution in [-0.4, -0.2) is 60.8 Å². The maximum absolute atomic E-state index is 9.57. The van der Waals surface area contributed by atoms with E-state index in [1.54, 1.807) is 0 Å². The summed E-state index contributed by atoms with van der Waals surface area (Å²) in [5, 5.41) is 16.6. The number of aliphatic hydroxyl groups is 1. The maximum atomic E-state index is 9.57. The maximum Gasteiger partial charge on any atom is 0.191 e. The number of halogens is 1. The lowest BCUT2D eigenvalue weighted by molar-refractivity contribution is 0.0824. The number of hydrogen-bond donors (Lipinski definition) is 3. The minimum Gasteiger partial charge on any atom is -0.393 e. The lowest BCUT2D eigenvalue weighted by Gasteiger charge is -2.32. The second kappa shape index (κ2) is 13.2. The van der Waals surface area contributed by atoms with E-state index in [2.05, 4.69) is 36.3 Å². The van der Waals surface area contributed by atoms with E-state index in [4.69, 9.17) is 4.99 Å². The molecular formula is C20H41IN4O. The highest BCUT2D eigenvalue weighted by Crippen LogP contribution is 2.29. The summed E-state index contributed by atoms with van der Waals surface area (Å²) in [7, 11) is 0. The van der Waals surface area contributed by atoms with E-state index in [1.165, 1.54) is 25.7 Å². The van der Waals surface area contributed by atoms with Crippen molar-refractivity contribution in [3.63, 3.8) is 0 Å². The Kier molecular flexibility index (Phi) is 12.1. The number of aliphatic hydroxyl groups excluding tert-OH is 1. The van der Waals surface area contributed by atoms with Gasteiger partial charge in [-0.25, -0.2) is 0 Å². The molecule has 154 valence electrons. The van der Waals surface area contributed by atoms with Crippen LogP contribution in [0.2, 0.25) is 0 Å². The first-order valence-corrected chi connectivity index (χ1v) is 10.5. The average molecular weight is 480 g/mol. The van der Waals surface area contributed by atoms with Gasteiger partial charge in [-0.3, -0.25) is 4.99 Å². The van der Waals surface area contributed by atoms with Crippen molar-refractivity contribution < 1.29 is 5.11 Å². The number of aliphatic imine (C=N–C) groups is 1. The first-order valence-electron chi connectivity index (χ1n) is 10.5. The molecule has 0 atom stereocenters. The summed E-state index contributed by atoms with van der Waals surface area (Å²) in [5.41, 5.74) is 0. The van der Waals surface area contributed by atoms with Crippen molar-refractivity contribution in [2.45, 2.75) is 77.9 Å². The van der Waals surface area contributed by atoms with E-state index in [0.29, 0.717) is 6.04 Å². The fourth-order valence-corrected chi connectivity index (χ4v) is 4.07. The van der Waals surface area contributed by atoms with Gasteiger partial charge in [-0.15, -0.1) is 24.0 Å². The molecule has 0 amide bonds. The third kappa shape index (κ3) is 8.74. The molecule has 0 radical (unpaired) electrons. The van der Waals surface area contributed by atoms with Crippen molar-refractivity contribution in [2.75, 3.05) is 32.7 Å². The van der Waals surface area contributed by atoms with Crippen molar-refractivity contribution in [3.05, 3.63) is 0 Å². The summed E-state index contributed by atoms with van der Waals surface area (Å²) in [6.07, 6.45) is 8.08. The quantitative estimate of drug-likeness (QED) is 0.227. The lowest BCUT2D eigenvalue weighted by atomic mass is 9.80. The van der Waals surface area contributed by atoms with Gasteiger partial charge in [-0.2, -0.15) is 0 Å². The van der Waals surface area contributed by atoms with Gasteiger partial charge in [0.2, 0.25) is 0 Å². The Labute approximate surface area is 177 Å². The summed E-state index contributed by atoms with van der Waals surface area (Å²) in [6.45, 7) is 11.8. The van der Waals surface area contributed by atoms with Crippen LogP contribution >= 0.6 is 24.0 Å². The number of rotatable bonds is 7. The largest absolute Gasteiger partial charge is 0.393 e. The molecule has 1 saturated heterocycles. The van der Waals surface area contributed by atoms with Crippen LogP contribution in [0.1, 0.15) is 65.7 Å². The SMILES string of the molecule is CCNC(=NCCCN1CCC(O)CC1)NC1CCC(C(C)C)CC1.I. The number of nitrogens with zero attached hydrogens (tertiary/aromatic N) is 2. The second-order valence-corrected chi connectivity index (χ2v) is 8.19. The molecule has 1 saturated carbocycles. The number of piperidine rings is 1. The highest BCUT2D eigenvalue weighted by Gasteiger charge is 2.23. The van der Waals surface area contributed by atoms with Gasteiger partial charge in [0.15, 0.2) is 5.96 Å². The summed E-state index contributed by atoms with van der Waals surface area (Å²) < 4.78 is 0. The van der Waals surface area contributed by atoms with Crippen LogP contribution in [0, 0.1) is 11.8 Å². The molecule has 1 heterocycles. The number of likely N-dealkylation sites (tertiary alicyclic amines) is 1. The summed E-state index contributed by atoms with van der Waals surface area (Å²) in [5.74, 6) is 2.71. The summed E-state index contributed by atoms with van der Waals surface area (Å²) >= 11 is 0. The zero-order valence-electron chi connectivity index (χ0n) is 17.0. The topological polar surface area (TPSA) is 59.9 Å². The summed E-state index contributed by atoms with van der Waals surface area (Å²) in [4.78, 5) is 7.23. The van der Waals surface area contributed by atoms with E-state index >= 15 is 0 Å². The Balaban J connectivity index is 0.00000338. The molecule has 0 aromatic heterocycles. The fraction of sp³-hybridized carbons (Fsp3) is 0.950. The van der Waals surface area contributed by atoms with Gasteiger partial charge >= 0.3 is 0 Å². The van der Waals surface area contributed by atoms with Gasteiger partial charge in [-0.1, -0.05) is 13.8 Å². The molecule has 0 unspecified atom stereocenters. The van der Waals surface area contributed by atoms with Gasteiger partial charge in [0.05, 0.1) is 6.10 Å². The Morgan fingerprint density at radius 3 is 2.35 bits per heavy atom. The highest BCUT2D eigenvalue weighted by molar-refractivity contribution is 14.0. The first kappa shape index (κ1) is 24.0. The molecule has 2 rings (SSSR count). The Morgan fingerprint density at radius 2 is 1.77 bits per heavy atom. The minimum absolute atomic E-state index is 0. The molecular weight excluding hydrogens is 439 g/mol. The van der Waals surface area contributed by atoms with E-state index in [9.17, 15) is 5.11 Å². The van der Waals surface area contributed by atoms with E-state index < -0.39 is 0 Å². The molecule has 26 heavy (non-hydrogen) atoms.